The number of nitro groups is 1. The molecule has 156 valence electrons. The first kappa shape index (κ1) is 20.0. The number of imidazole rings is 1. The Morgan fingerprint density at radius 3 is 2.60 bits per heavy atom. The van der Waals surface area contributed by atoms with Gasteiger partial charge in [0.05, 0.1) is 22.7 Å². The molecule has 1 aromatic carbocycles. The first-order chi connectivity index (χ1) is 14.4. The summed E-state index contributed by atoms with van der Waals surface area (Å²) in [7, 11) is 0. The number of aromatic nitrogens is 2. The Balaban J connectivity index is 1.38. The number of amides is 1. The number of fused-ring (bicyclic) bond motifs is 1. The number of carbonyl (C=O) groups excluding carboxylic acids is 1. The van der Waals surface area contributed by atoms with E-state index in [1.165, 1.54) is 17.3 Å². The molecule has 8 heteroatoms. The van der Waals surface area contributed by atoms with E-state index in [9.17, 15) is 14.9 Å². The maximum Gasteiger partial charge on any atom is 0.273 e. The summed E-state index contributed by atoms with van der Waals surface area (Å²) in [6.07, 6.45) is 2.12. The van der Waals surface area contributed by atoms with Crippen molar-refractivity contribution in [2.75, 3.05) is 26.2 Å². The van der Waals surface area contributed by atoms with Gasteiger partial charge < -0.3 is 9.30 Å². The normalized spacial score (nSPS) is 14.9. The van der Waals surface area contributed by atoms with Gasteiger partial charge in [-0.2, -0.15) is 0 Å². The standard InChI is InChI=1S/C22H25N5O3/c1-16-7-8-26-20(17(2)23-21(26)13-16)15-24-9-11-25(12-10-24)22(28)14-18-5-3-4-6-19(18)27(29)30/h3-8,13H,9-12,14-15H2,1-2H3. The predicted molar refractivity (Wildman–Crippen MR) is 113 cm³/mol. The van der Waals surface area contributed by atoms with Crippen molar-refractivity contribution in [3.63, 3.8) is 0 Å². The molecule has 0 atom stereocenters. The van der Waals surface area contributed by atoms with Crippen LogP contribution in [0.5, 0.6) is 0 Å². The topological polar surface area (TPSA) is 84.0 Å². The number of nitrogens with zero attached hydrogens (tertiary/aromatic N) is 5. The number of hydrogen-bond donors (Lipinski definition) is 0. The summed E-state index contributed by atoms with van der Waals surface area (Å²) in [5, 5.41) is 11.2. The highest BCUT2D eigenvalue weighted by Crippen LogP contribution is 2.20. The Hall–Kier alpha value is -3.26. The zero-order valence-corrected chi connectivity index (χ0v) is 17.2. The first-order valence-electron chi connectivity index (χ1n) is 10.1. The summed E-state index contributed by atoms with van der Waals surface area (Å²) < 4.78 is 2.13. The van der Waals surface area contributed by atoms with E-state index >= 15 is 0 Å². The summed E-state index contributed by atoms with van der Waals surface area (Å²) in [4.78, 5) is 32.2. The summed E-state index contributed by atoms with van der Waals surface area (Å²) in [5.74, 6) is -0.0644. The van der Waals surface area contributed by atoms with Crippen molar-refractivity contribution < 1.29 is 9.72 Å². The van der Waals surface area contributed by atoms with Crippen LogP contribution in [0, 0.1) is 24.0 Å². The Bertz CT molecular complexity index is 1100. The summed E-state index contributed by atoms with van der Waals surface area (Å²) in [6.45, 7) is 7.64. The van der Waals surface area contributed by atoms with E-state index < -0.39 is 4.92 Å². The minimum absolute atomic E-state index is 0.00260. The number of para-hydroxylation sites is 1. The van der Waals surface area contributed by atoms with Crippen molar-refractivity contribution in [2.24, 2.45) is 0 Å². The predicted octanol–water partition coefficient (Wildman–Crippen LogP) is 2.75. The molecule has 0 bridgehead atoms. The quantitative estimate of drug-likeness (QED) is 0.480. The SMILES string of the molecule is Cc1ccn2c(CN3CCN(C(=O)Cc4ccccc4[N+](=O)[O-])CC3)c(C)nc2c1. The van der Waals surface area contributed by atoms with Crippen LogP contribution < -0.4 is 0 Å². The van der Waals surface area contributed by atoms with Gasteiger partial charge in [-0.15, -0.1) is 0 Å². The maximum atomic E-state index is 12.7. The number of carbonyl (C=O) groups is 1. The lowest BCUT2D eigenvalue weighted by Crippen LogP contribution is -2.48. The first-order valence-corrected chi connectivity index (χ1v) is 10.1. The van der Waals surface area contributed by atoms with Gasteiger partial charge in [0.2, 0.25) is 5.91 Å². The number of aryl methyl sites for hydroxylation is 2. The molecule has 4 rings (SSSR count). The fraction of sp³-hybridized carbons (Fsp3) is 0.364. The molecule has 0 aliphatic carbocycles. The van der Waals surface area contributed by atoms with Gasteiger partial charge in [0.1, 0.15) is 5.65 Å². The van der Waals surface area contributed by atoms with Gasteiger partial charge in [0.25, 0.3) is 5.69 Å². The van der Waals surface area contributed by atoms with Crippen molar-refractivity contribution >= 4 is 17.2 Å². The molecule has 1 aliphatic rings. The lowest BCUT2D eigenvalue weighted by molar-refractivity contribution is -0.385. The molecule has 30 heavy (non-hydrogen) atoms. The van der Waals surface area contributed by atoms with E-state index in [0.29, 0.717) is 18.7 Å². The van der Waals surface area contributed by atoms with Gasteiger partial charge in [-0.1, -0.05) is 18.2 Å². The van der Waals surface area contributed by atoms with Crippen LogP contribution >= 0.6 is 0 Å². The molecule has 1 saturated heterocycles. The summed E-state index contributed by atoms with van der Waals surface area (Å²) in [5.41, 5.74) is 4.81. The largest absolute Gasteiger partial charge is 0.340 e. The number of hydrogen-bond acceptors (Lipinski definition) is 5. The molecule has 0 saturated carbocycles. The molecule has 8 nitrogen and oxygen atoms in total. The molecule has 3 aromatic rings. The van der Waals surface area contributed by atoms with Crippen molar-refractivity contribution in [2.45, 2.75) is 26.8 Å². The highest BCUT2D eigenvalue weighted by Gasteiger charge is 2.24. The van der Waals surface area contributed by atoms with E-state index in [0.717, 1.165) is 31.0 Å². The fourth-order valence-corrected chi connectivity index (χ4v) is 3.99. The number of rotatable bonds is 5. The lowest BCUT2D eigenvalue weighted by atomic mass is 10.1. The van der Waals surface area contributed by atoms with Crippen LogP contribution in [0.2, 0.25) is 0 Å². The van der Waals surface area contributed by atoms with E-state index in [-0.39, 0.29) is 18.0 Å². The van der Waals surface area contributed by atoms with Gasteiger partial charge in [0.15, 0.2) is 0 Å². The van der Waals surface area contributed by atoms with Crippen molar-refractivity contribution in [1.82, 2.24) is 19.2 Å². The molecular weight excluding hydrogens is 382 g/mol. The molecule has 2 aromatic heterocycles. The van der Waals surface area contributed by atoms with Crippen LogP contribution in [0.4, 0.5) is 5.69 Å². The molecule has 1 aliphatic heterocycles. The minimum atomic E-state index is -0.430. The van der Waals surface area contributed by atoms with E-state index in [2.05, 4.69) is 39.5 Å². The Kier molecular flexibility index (Phi) is 5.50. The van der Waals surface area contributed by atoms with Gasteiger partial charge in [0, 0.05) is 50.6 Å². The number of piperazine rings is 1. The summed E-state index contributed by atoms with van der Waals surface area (Å²) >= 11 is 0. The van der Waals surface area contributed by atoms with Crippen molar-refractivity contribution in [3.8, 4) is 0 Å². The molecule has 0 N–H and O–H groups in total. The zero-order valence-electron chi connectivity index (χ0n) is 17.2. The van der Waals surface area contributed by atoms with Crippen LogP contribution in [0.1, 0.15) is 22.5 Å². The highest BCUT2D eigenvalue weighted by atomic mass is 16.6. The Morgan fingerprint density at radius 1 is 1.13 bits per heavy atom. The van der Waals surface area contributed by atoms with Gasteiger partial charge >= 0.3 is 0 Å². The van der Waals surface area contributed by atoms with Crippen molar-refractivity contribution in [1.29, 1.82) is 0 Å². The highest BCUT2D eigenvalue weighted by molar-refractivity contribution is 5.80. The Morgan fingerprint density at radius 2 is 1.87 bits per heavy atom. The molecule has 3 heterocycles. The molecule has 1 fully saturated rings. The number of nitro benzene ring substituents is 1. The van der Waals surface area contributed by atoms with Crippen LogP contribution in [0.15, 0.2) is 42.6 Å². The molecule has 0 radical (unpaired) electrons. The third kappa shape index (κ3) is 4.04. The monoisotopic (exact) mass is 407 g/mol. The zero-order chi connectivity index (χ0) is 21.3. The van der Waals surface area contributed by atoms with Crippen molar-refractivity contribution in [3.05, 3.63) is 75.2 Å². The second-order valence-corrected chi connectivity index (χ2v) is 7.80. The third-order valence-electron chi connectivity index (χ3n) is 5.71. The van der Waals surface area contributed by atoms with Crippen LogP contribution in [0.3, 0.4) is 0 Å². The molecule has 1 amide bonds. The second-order valence-electron chi connectivity index (χ2n) is 7.80. The lowest BCUT2D eigenvalue weighted by Gasteiger charge is -2.34. The Labute approximate surface area is 174 Å². The summed E-state index contributed by atoms with van der Waals surface area (Å²) in [6, 6.07) is 10.6. The van der Waals surface area contributed by atoms with E-state index in [4.69, 9.17) is 0 Å². The minimum Gasteiger partial charge on any atom is -0.340 e. The maximum absolute atomic E-state index is 12.7. The number of pyridine rings is 1. The molecule has 0 spiro atoms. The van der Waals surface area contributed by atoms with Crippen LogP contribution in [-0.2, 0) is 17.8 Å². The second kappa shape index (κ2) is 8.23. The van der Waals surface area contributed by atoms with Crippen LogP contribution in [-0.4, -0.2) is 56.2 Å². The van der Waals surface area contributed by atoms with Gasteiger partial charge in [-0.25, -0.2) is 4.98 Å². The molecular formula is C22H25N5O3. The van der Waals surface area contributed by atoms with Gasteiger partial charge in [-0.05, 0) is 31.5 Å². The fourth-order valence-electron chi connectivity index (χ4n) is 3.99. The van der Waals surface area contributed by atoms with E-state index in [1.807, 2.05) is 6.92 Å². The average Bonchev–Trinajstić information content (AvgIpc) is 3.03. The smallest absolute Gasteiger partial charge is 0.273 e. The van der Waals surface area contributed by atoms with Crippen LogP contribution in [0.25, 0.3) is 5.65 Å². The van der Waals surface area contributed by atoms with E-state index in [1.54, 1.807) is 23.1 Å². The van der Waals surface area contributed by atoms with Gasteiger partial charge in [-0.3, -0.25) is 19.8 Å². The third-order valence-corrected chi connectivity index (χ3v) is 5.71. The number of benzene rings is 1. The molecule has 0 unspecified atom stereocenters. The average molecular weight is 407 g/mol.